The molecule has 5 rings (SSSR count). The summed E-state index contributed by atoms with van der Waals surface area (Å²) in [6.45, 7) is 1.04. The van der Waals surface area contributed by atoms with E-state index in [1.807, 2.05) is 0 Å². The van der Waals surface area contributed by atoms with E-state index in [0.717, 1.165) is 30.4 Å². The van der Waals surface area contributed by atoms with Crippen molar-refractivity contribution in [2.45, 2.75) is 69.4 Å². The molecule has 3 nitrogen and oxygen atoms in total. The van der Waals surface area contributed by atoms with Gasteiger partial charge in [0.05, 0.1) is 14.2 Å². The Kier molecular flexibility index (Phi) is 4.65. The molecule has 0 unspecified atom stereocenters. The van der Waals surface area contributed by atoms with Gasteiger partial charge in [0.2, 0.25) is 0 Å². The normalized spacial score (nSPS) is 24.7. The maximum atomic E-state index is 5.63. The average molecular weight is 384 g/mol. The topological polar surface area (TPSA) is 30.5 Å². The number of nitrogens with one attached hydrogen (secondary N) is 1. The van der Waals surface area contributed by atoms with Gasteiger partial charge in [-0.1, -0.05) is 19.3 Å². The molecular formula is C23H29NO2S. The van der Waals surface area contributed by atoms with E-state index in [0.29, 0.717) is 12.0 Å². The van der Waals surface area contributed by atoms with Gasteiger partial charge in [0.1, 0.15) is 0 Å². The Hall–Kier alpha value is -1.52. The van der Waals surface area contributed by atoms with Crippen LogP contribution in [-0.4, -0.2) is 20.3 Å². The molecule has 27 heavy (non-hydrogen) atoms. The van der Waals surface area contributed by atoms with Gasteiger partial charge in [-0.25, -0.2) is 0 Å². The summed E-state index contributed by atoms with van der Waals surface area (Å²) in [5.74, 6) is 2.95. The molecule has 0 radical (unpaired) electrons. The third-order valence-corrected chi connectivity index (χ3v) is 8.15. The van der Waals surface area contributed by atoms with Crippen LogP contribution in [-0.2, 0) is 13.0 Å². The summed E-state index contributed by atoms with van der Waals surface area (Å²) in [4.78, 5) is 3.19. The second-order valence-corrected chi connectivity index (χ2v) is 9.44. The molecule has 1 fully saturated rings. The second kappa shape index (κ2) is 7.14. The Balaban J connectivity index is 1.57. The van der Waals surface area contributed by atoms with Crippen LogP contribution < -0.4 is 14.8 Å². The van der Waals surface area contributed by atoms with Crippen LogP contribution >= 0.6 is 11.3 Å². The largest absolute Gasteiger partial charge is 0.493 e. The zero-order chi connectivity index (χ0) is 18.4. The Morgan fingerprint density at radius 3 is 2.48 bits per heavy atom. The van der Waals surface area contributed by atoms with Crippen molar-refractivity contribution in [3.8, 4) is 11.5 Å². The third-order valence-electron chi connectivity index (χ3n) is 6.84. The van der Waals surface area contributed by atoms with E-state index in [9.17, 15) is 0 Å². The lowest BCUT2D eigenvalue weighted by molar-refractivity contribution is 0.349. The fourth-order valence-electron chi connectivity index (χ4n) is 5.42. The number of benzene rings is 1. The molecule has 1 aromatic carbocycles. The van der Waals surface area contributed by atoms with E-state index >= 15 is 0 Å². The quantitative estimate of drug-likeness (QED) is 0.774. The van der Waals surface area contributed by atoms with E-state index in [-0.39, 0.29) is 0 Å². The van der Waals surface area contributed by atoms with E-state index in [4.69, 9.17) is 9.47 Å². The molecule has 0 spiro atoms. The summed E-state index contributed by atoms with van der Waals surface area (Å²) in [6.07, 6.45) is 9.28. The van der Waals surface area contributed by atoms with Gasteiger partial charge in [-0.2, -0.15) is 0 Å². The van der Waals surface area contributed by atoms with Crippen LogP contribution in [0.15, 0.2) is 18.2 Å². The van der Waals surface area contributed by atoms with Crippen molar-refractivity contribution in [1.29, 1.82) is 0 Å². The Morgan fingerprint density at radius 2 is 1.70 bits per heavy atom. The fourth-order valence-corrected chi connectivity index (χ4v) is 6.75. The average Bonchev–Trinajstić information content (AvgIpc) is 3.17. The van der Waals surface area contributed by atoms with E-state index < -0.39 is 0 Å². The van der Waals surface area contributed by atoms with Gasteiger partial charge < -0.3 is 14.8 Å². The number of thiophene rings is 1. The highest BCUT2D eigenvalue weighted by Crippen LogP contribution is 2.48. The summed E-state index contributed by atoms with van der Waals surface area (Å²) < 4.78 is 11.2. The molecule has 1 aliphatic heterocycles. The van der Waals surface area contributed by atoms with Crippen molar-refractivity contribution in [2.24, 2.45) is 0 Å². The van der Waals surface area contributed by atoms with Gasteiger partial charge in [0.15, 0.2) is 11.5 Å². The first kappa shape index (κ1) is 17.6. The van der Waals surface area contributed by atoms with Gasteiger partial charge >= 0.3 is 0 Å². The zero-order valence-electron chi connectivity index (χ0n) is 16.3. The predicted molar refractivity (Wildman–Crippen MR) is 110 cm³/mol. The first-order valence-corrected chi connectivity index (χ1v) is 11.2. The summed E-state index contributed by atoms with van der Waals surface area (Å²) >= 11 is 2.07. The van der Waals surface area contributed by atoms with E-state index in [1.165, 1.54) is 49.7 Å². The van der Waals surface area contributed by atoms with Crippen molar-refractivity contribution >= 4 is 11.3 Å². The Labute approximate surface area is 166 Å². The summed E-state index contributed by atoms with van der Waals surface area (Å²) in [5.41, 5.74) is 4.44. The molecule has 2 heterocycles. The molecule has 0 saturated heterocycles. The van der Waals surface area contributed by atoms with Crippen molar-refractivity contribution in [1.82, 2.24) is 5.32 Å². The first-order valence-electron chi connectivity index (χ1n) is 10.4. The second-order valence-electron chi connectivity index (χ2n) is 8.27. The van der Waals surface area contributed by atoms with Crippen LogP contribution in [0.5, 0.6) is 11.5 Å². The number of hydrogen-bond acceptors (Lipinski definition) is 4. The van der Waals surface area contributed by atoms with Gasteiger partial charge in [-0.05, 0) is 66.5 Å². The monoisotopic (exact) mass is 383 g/mol. The molecule has 2 atom stereocenters. The molecule has 2 aromatic rings. The number of ether oxygens (including phenoxy) is 2. The first-order chi connectivity index (χ1) is 13.3. The van der Waals surface area contributed by atoms with Gasteiger partial charge in [-0.3, -0.25) is 0 Å². The lowest BCUT2D eigenvalue weighted by atomic mass is 9.73. The predicted octanol–water partition coefficient (Wildman–Crippen LogP) is 5.36. The minimum absolute atomic E-state index is 0.450. The zero-order valence-corrected chi connectivity index (χ0v) is 17.2. The number of hydrogen-bond donors (Lipinski definition) is 1. The standard InChI is InChI=1S/C23H29NO2S/c1-25-19-10-15-8-9-18-23(16(15)11-20(19)26-2)17-12-21(27-22(17)13-24-18)14-6-4-3-5-7-14/h10-12,14,18,23-24H,3-9,13H2,1-2H3/t18-,23+/m0/s1. The highest BCUT2D eigenvalue weighted by molar-refractivity contribution is 7.12. The van der Waals surface area contributed by atoms with Crippen molar-refractivity contribution < 1.29 is 9.47 Å². The van der Waals surface area contributed by atoms with E-state index in [2.05, 4.69) is 34.9 Å². The molecule has 1 aromatic heterocycles. The smallest absolute Gasteiger partial charge is 0.161 e. The lowest BCUT2D eigenvalue weighted by Gasteiger charge is -2.38. The molecule has 144 valence electrons. The van der Waals surface area contributed by atoms with Crippen molar-refractivity contribution in [2.75, 3.05) is 14.2 Å². The molecule has 1 N–H and O–H groups in total. The van der Waals surface area contributed by atoms with Crippen molar-refractivity contribution in [3.05, 3.63) is 44.6 Å². The maximum Gasteiger partial charge on any atom is 0.161 e. The van der Waals surface area contributed by atoms with Crippen LogP contribution in [0.25, 0.3) is 0 Å². The SMILES string of the molecule is COc1cc2c(cc1OC)[C@@H]1c3cc(C4CCCCC4)sc3CN[C@H]1CC2. The number of aryl methyl sites for hydroxylation is 1. The molecule has 0 bridgehead atoms. The minimum Gasteiger partial charge on any atom is -0.493 e. The maximum absolute atomic E-state index is 5.63. The molecule has 1 saturated carbocycles. The number of rotatable bonds is 3. The molecule has 2 aliphatic carbocycles. The van der Waals surface area contributed by atoms with Gasteiger partial charge in [0.25, 0.3) is 0 Å². The number of methoxy groups -OCH3 is 2. The van der Waals surface area contributed by atoms with Crippen LogP contribution in [0.2, 0.25) is 0 Å². The highest BCUT2D eigenvalue weighted by Gasteiger charge is 2.37. The van der Waals surface area contributed by atoms with Crippen LogP contribution in [0.3, 0.4) is 0 Å². The summed E-state index contributed by atoms with van der Waals surface area (Å²) in [6, 6.07) is 7.55. The summed E-state index contributed by atoms with van der Waals surface area (Å²) in [7, 11) is 3.46. The highest BCUT2D eigenvalue weighted by atomic mass is 32.1. The Morgan fingerprint density at radius 1 is 0.926 bits per heavy atom. The van der Waals surface area contributed by atoms with E-state index in [1.54, 1.807) is 29.5 Å². The van der Waals surface area contributed by atoms with Crippen LogP contribution in [0.1, 0.15) is 76.8 Å². The van der Waals surface area contributed by atoms with Crippen LogP contribution in [0.4, 0.5) is 0 Å². The fraction of sp³-hybridized carbons (Fsp3) is 0.565. The summed E-state index contributed by atoms with van der Waals surface area (Å²) in [5, 5.41) is 3.84. The molecule has 4 heteroatoms. The minimum atomic E-state index is 0.450. The van der Waals surface area contributed by atoms with Crippen LogP contribution in [0, 0.1) is 0 Å². The van der Waals surface area contributed by atoms with Gasteiger partial charge in [0, 0.05) is 28.3 Å². The molecule has 0 amide bonds. The lowest BCUT2D eigenvalue weighted by Crippen LogP contribution is -2.42. The third kappa shape index (κ3) is 2.98. The van der Waals surface area contributed by atoms with Crippen molar-refractivity contribution in [3.63, 3.8) is 0 Å². The Bertz CT molecular complexity index is 837. The number of fused-ring (bicyclic) bond motifs is 5. The molecular weight excluding hydrogens is 354 g/mol. The molecule has 3 aliphatic rings. The van der Waals surface area contributed by atoms with Gasteiger partial charge in [-0.15, -0.1) is 11.3 Å².